The van der Waals surface area contributed by atoms with Crippen LogP contribution in [0.15, 0.2) is 36.4 Å². The summed E-state index contributed by atoms with van der Waals surface area (Å²) in [6, 6.07) is 10.0. The van der Waals surface area contributed by atoms with Gasteiger partial charge in [-0.1, -0.05) is 29.8 Å². The van der Waals surface area contributed by atoms with Crippen molar-refractivity contribution in [3.05, 3.63) is 58.9 Å². The monoisotopic (exact) mass is 527 g/mol. The molecule has 1 saturated heterocycles. The van der Waals surface area contributed by atoms with Gasteiger partial charge >= 0.3 is 12.1 Å². The number of methoxy groups -OCH3 is 1. The van der Waals surface area contributed by atoms with Crippen LogP contribution in [-0.4, -0.2) is 59.0 Å². The third kappa shape index (κ3) is 4.73. The van der Waals surface area contributed by atoms with Crippen LogP contribution in [0.25, 0.3) is 11.0 Å². The highest BCUT2D eigenvalue weighted by atomic mass is 19.3. The molecule has 2 aliphatic rings. The summed E-state index contributed by atoms with van der Waals surface area (Å²) in [6.07, 6.45) is 0.407. The third-order valence-electron chi connectivity index (χ3n) is 7.59. The fourth-order valence-electron chi connectivity index (χ4n) is 5.68. The van der Waals surface area contributed by atoms with Crippen molar-refractivity contribution < 1.29 is 33.0 Å². The van der Waals surface area contributed by atoms with E-state index in [9.17, 15) is 23.5 Å². The van der Waals surface area contributed by atoms with Gasteiger partial charge in [0, 0.05) is 24.4 Å². The number of hydrogen-bond acceptors (Lipinski definition) is 5. The van der Waals surface area contributed by atoms with Gasteiger partial charge in [0.2, 0.25) is 0 Å². The van der Waals surface area contributed by atoms with Crippen LogP contribution in [0.2, 0.25) is 0 Å². The van der Waals surface area contributed by atoms with Crippen molar-refractivity contribution in [1.82, 2.24) is 9.55 Å². The van der Waals surface area contributed by atoms with E-state index in [1.807, 2.05) is 26.0 Å². The SMILES string of the molecule is COC(=O)N1c2ccc3c(nc(C[C@H](C(=O)O)c4ccc(C)cc4)n3[C@H]3COCC(F)(F)C3)c2CC[C@@H]1C. The number of alkyl halides is 2. The lowest BCUT2D eigenvalue weighted by Gasteiger charge is -2.34. The third-order valence-corrected chi connectivity index (χ3v) is 7.59. The maximum absolute atomic E-state index is 14.5. The highest BCUT2D eigenvalue weighted by Crippen LogP contribution is 2.40. The number of carboxylic acid groups (broad SMARTS) is 1. The van der Waals surface area contributed by atoms with Crippen molar-refractivity contribution in [3.8, 4) is 0 Å². The summed E-state index contributed by atoms with van der Waals surface area (Å²) in [7, 11) is 1.33. The molecule has 8 nitrogen and oxygen atoms in total. The van der Waals surface area contributed by atoms with Crippen molar-refractivity contribution in [3.63, 3.8) is 0 Å². The van der Waals surface area contributed by atoms with Gasteiger partial charge in [0.05, 0.1) is 42.4 Å². The van der Waals surface area contributed by atoms with Gasteiger partial charge in [-0.3, -0.25) is 9.69 Å². The maximum atomic E-state index is 14.5. The number of ether oxygens (including phenoxy) is 2. The lowest BCUT2D eigenvalue weighted by atomic mass is 9.94. The van der Waals surface area contributed by atoms with Gasteiger partial charge in [-0.2, -0.15) is 0 Å². The Morgan fingerprint density at radius 3 is 2.63 bits per heavy atom. The molecule has 1 fully saturated rings. The second kappa shape index (κ2) is 9.98. The van der Waals surface area contributed by atoms with Crippen LogP contribution in [0.4, 0.5) is 19.3 Å². The number of anilines is 1. The first-order valence-corrected chi connectivity index (χ1v) is 12.7. The van der Waals surface area contributed by atoms with E-state index in [1.54, 1.807) is 33.7 Å². The van der Waals surface area contributed by atoms with E-state index in [4.69, 9.17) is 14.5 Å². The summed E-state index contributed by atoms with van der Waals surface area (Å²) in [5.74, 6) is -4.55. The predicted octanol–water partition coefficient (Wildman–Crippen LogP) is 5.26. The van der Waals surface area contributed by atoms with Crippen LogP contribution in [0.5, 0.6) is 0 Å². The molecule has 3 atom stereocenters. The molecule has 1 amide bonds. The van der Waals surface area contributed by atoms with Crippen molar-refractivity contribution in [2.45, 2.75) is 63.5 Å². The Hall–Kier alpha value is -3.53. The minimum absolute atomic E-state index is 0.0149. The predicted molar refractivity (Wildman–Crippen MR) is 137 cm³/mol. The van der Waals surface area contributed by atoms with Crippen LogP contribution < -0.4 is 4.90 Å². The molecule has 10 heteroatoms. The first-order chi connectivity index (χ1) is 18.1. The number of hydrogen-bond donors (Lipinski definition) is 1. The molecule has 5 rings (SSSR count). The van der Waals surface area contributed by atoms with Crippen molar-refractivity contribution >= 4 is 28.8 Å². The molecule has 2 aromatic carbocycles. The number of benzene rings is 2. The van der Waals surface area contributed by atoms with Gasteiger partial charge in [-0.25, -0.2) is 18.6 Å². The molecule has 3 heterocycles. The smallest absolute Gasteiger partial charge is 0.414 e. The second-order valence-corrected chi connectivity index (χ2v) is 10.3. The summed E-state index contributed by atoms with van der Waals surface area (Å²) in [5.41, 5.74) is 4.30. The topological polar surface area (TPSA) is 93.9 Å². The zero-order chi connectivity index (χ0) is 27.2. The highest BCUT2D eigenvalue weighted by Gasteiger charge is 2.40. The molecule has 0 radical (unpaired) electrons. The van der Waals surface area contributed by atoms with E-state index >= 15 is 0 Å². The number of carbonyl (C=O) groups is 2. The van der Waals surface area contributed by atoms with Crippen LogP contribution >= 0.6 is 0 Å². The summed E-state index contributed by atoms with van der Waals surface area (Å²) < 4.78 is 40.9. The molecular formula is C28H31F2N3O5. The van der Waals surface area contributed by atoms with E-state index in [-0.39, 0.29) is 19.1 Å². The van der Waals surface area contributed by atoms with Gasteiger partial charge in [0.1, 0.15) is 12.4 Å². The first-order valence-electron chi connectivity index (χ1n) is 12.7. The van der Waals surface area contributed by atoms with E-state index in [0.29, 0.717) is 41.0 Å². The van der Waals surface area contributed by atoms with E-state index in [1.165, 1.54) is 7.11 Å². The largest absolute Gasteiger partial charge is 0.481 e. The molecule has 0 saturated carbocycles. The Labute approximate surface area is 219 Å². The molecular weight excluding hydrogens is 496 g/mol. The number of halogens is 2. The molecule has 0 bridgehead atoms. The maximum Gasteiger partial charge on any atom is 0.414 e. The van der Waals surface area contributed by atoms with Gasteiger partial charge in [0.25, 0.3) is 5.92 Å². The Morgan fingerprint density at radius 1 is 1.24 bits per heavy atom. The zero-order valence-corrected chi connectivity index (χ0v) is 21.6. The van der Waals surface area contributed by atoms with E-state index in [2.05, 4.69) is 0 Å². The summed E-state index contributed by atoms with van der Waals surface area (Å²) >= 11 is 0. The number of imidazole rings is 1. The average Bonchev–Trinajstić information content (AvgIpc) is 3.25. The molecule has 3 aromatic rings. The minimum Gasteiger partial charge on any atom is -0.481 e. The summed E-state index contributed by atoms with van der Waals surface area (Å²) in [4.78, 5) is 31.4. The molecule has 0 unspecified atom stereocenters. The molecule has 0 spiro atoms. The summed E-state index contributed by atoms with van der Waals surface area (Å²) in [5, 5.41) is 10.1. The number of rotatable bonds is 5. The number of nitrogens with zero attached hydrogens (tertiary/aromatic N) is 3. The number of aryl methyl sites for hydroxylation is 2. The first kappa shape index (κ1) is 26.1. The van der Waals surface area contributed by atoms with Gasteiger partial charge < -0.3 is 19.1 Å². The number of carboxylic acids is 1. The minimum atomic E-state index is -3.01. The highest BCUT2D eigenvalue weighted by molar-refractivity contribution is 5.95. The van der Waals surface area contributed by atoms with Crippen molar-refractivity contribution in [2.24, 2.45) is 0 Å². The number of carbonyl (C=O) groups excluding carboxylic acids is 1. The summed E-state index contributed by atoms with van der Waals surface area (Å²) in [6.45, 7) is 3.28. The Kier molecular flexibility index (Phi) is 6.85. The standard InChI is InChI=1S/C28H31F2N3O5/c1-16-4-7-18(8-5-16)21(26(34)35)12-24-31-25-20-9-6-17(2)32(27(36)37-3)22(20)10-11-23(25)33(24)19-13-28(29,30)15-38-14-19/h4-5,7-8,10-11,17,19,21H,6,9,12-15H2,1-3H3,(H,34,35)/t17-,19+,21-/m0/s1. The fraction of sp³-hybridized carbons (Fsp3) is 0.464. The number of aromatic nitrogens is 2. The number of amides is 1. The van der Waals surface area contributed by atoms with Crippen LogP contribution in [0.3, 0.4) is 0 Å². The van der Waals surface area contributed by atoms with Crippen LogP contribution in [0.1, 0.15) is 54.2 Å². The molecule has 2 aliphatic heterocycles. The van der Waals surface area contributed by atoms with Gasteiger partial charge in [-0.15, -0.1) is 0 Å². The Morgan fingerprint density at radius 2 is 1.97 bits per heavy atom. The average molecular weight is 528 g/mol. The van der Waals surface area contributed by atoms with Crippen LogP contribution in [0, 0.1) is 6.92 Å². The molecule has 1 aromatic heterocycles. The van der Waals surface area contributed by atoms with E-state index in [0.717, 1.165) is 11.1 Å². The normalized spacial score (nSPS) is 21.7. The van der Waals surface area contributed by atoms with Crippen molar-refractivity contribution in [1.29, 1.82) is 0 Å². The lowest BCUT2D eigenvalue weighted by Crippen LogP contribution is -2.42. The van der Waals surface area contributed by atoms with Crippen molar-refractivity contribution in [2.75, 3.05) is 25.2 Å². The van der Waals surface area contributed by atoms with E-state index < -0.39 is 43.0 Å². The zero-order valence-electron chi connectivity index (χ0n) is 21.6. The Balaban J connectivity index is 1.66. The number of aliphatic carboxylic acids is 1. The fourth-order valence-corrected chi connectivity index (χ4v) is 5.68. The lowest BCUT2D eigenvalue weighted by molar-refractivity contribution is -0.139. The van der Waals surface area contributed by atoms with Gasteiger partial charge in [-0.05, 0) is 44.4 Å². The van der Waals surface area contributed by atoms with Crippen LogP contribution in [-0.2, 0) is 27.1 Å². The molecule has 202 valence electrons. The molecule has 1 N–H and O–H groups in total. The number of fused-ring (bicyclic) bond motifs is 3. The van der Waals surface area contributed by atoms with Gasteiger partial charge in [0.15, 0.2) is 0 Å². The molecule has 38 heavy (non-hydrogen) atoms. The quantitative estimate of drug-likeness (QED) is 0.487. The Bertz CT molecular complexity index is 1370. The second-order valence-electron chi connectivity index (χ2n) is 10.3. The molecule has 0 aliphatic carbocycles.